The fourth-order valence-electron chi connectivity index (χ4n) is 3.91. The Hall–Kier alpha value is -1.84. The van der Waals surface area contributed by atoms with Crippen molar-refractivity contribution in [3.05, 3.63) is 34.4 Å². The minimum atomic E-state index is -1.18. The van der Waals surface area contributed by atoms with E-state index < -0.39 is 11.9 Å². The minimum absolute atomic E-state index is 0.0357. The number of unbranched alkanes of at least 4 members (excludes halogenated alkanes) is 11. The largest absolute Gasteiger partial charge is 0.478 e. The van der Waals surface area contributed by atoms with Gasteiger partial charge < -0.3 is 10.2 Å². The van der Waals surface area contributed by atoms with Crippen molar-refractivity contribution >= 4 is 11.9 Å². The van der Waals surface area contributed by atoms with Crippen molar-refractivity contribution in [3.63, 3.8) is 0 Å². The standard InChI is InChI=1S/C24H38O4/c1-3-5-6-7-8-9-10-11-12-13-14-15-16-19-17-18-21(23(25)26)22(24(27)28)20(19)4-2/h17-18H,3-16H2,1-2H3,(H,25,26)(H,27,28). The summed E-state index contributed by atoms with van der Waals surface area (Å²) in [5, 5.41) is 18.7. The van der Waals surface area contributed by atoms with Crippen molar-refractivity contribution in [3.8, 4) is 0 Å². The second-order valence-corrected chi connectivity index (χ2v) is 7.73. The zero-order chi connectivity index (χ0) is 20.8. The van der Waals surface area contributed by atoms with E-state index in [1.807, 2.05) is 6.92 Å². The summed E-state index contributed by atoms with van der Waals surface area (Å²) in [6.45, 7) is 4.14. The number of benzene rings is 1. The number of carboxylic acids is 2. The lowest BCUT2D eigenvalue weighted by Gasteiger charge is -2.13. The van der Waals surface area contributed by atoms with E-state index in [-0.39, 0.29) is 11.1 Å². The summed E-state index contributed by atoms with van der Waals surface area (Å²) in [7, 11) is 0. The lowest BCUT2D eigenvalue weighted by Crippen LogP contribution is -2.13. The molecule has 0 radical (unpaired) electrons. The maximum Gasteiger partial charge on any atom is 0.336 e. The van der Waals surface area contributed by atoms with Crippen LogP contribution in [0.5, 0.6) is 0 Å². The highest BCUT2D eigenvalue weighted by molar-refractivity contribution is 6.03. The molecule has 0 heterocycles. The van der Waals surface area contributed by atoms with Gasteiger partial charge in [-0.05, 0) is 36.5 Å². The third-order valence-corrected chi connectivity index (χ3v) is 5.51. The Morgan fingerprint density at radius 3 is 1.64 bits per heavy atom. The fraction of sp³-hybridized carbons (Fsp3) is 0.667. The summed E-state index contributed by atoms with van der Waals surface area (Å²) in [4.78, 5) is 22.9. The summed E-state index contributed by atoms with van der Waals surface area (Å²) in [6.07, 6.45) is 16.8. The average molecular weight is 391 g/mol. The molecule has 1 aromatic rings. The van der Waals surface area contributed by atoms with Gasteiger partial charge in [0.2, 0.25) is 0 Å². The Bertz CT molecular complexity index is 607. The fourth-order valence-corrected chi connectivity index (χ4v) is 3.91. The number of carboxylic acid groups (broad SMARTS) is 2. The van der Waals surface area contributed by atoms with Gasteiger partial charge in [-0.1, -0.05) is 90.5 Å². The van der Waals surface area contributed by atoms with Gasteiger partial charge in [0, 0.05) is 0 Å². The molecular formula is C24H38O4. The average Bonchev–Trinajstić information content (AvgIpc) is 2.67. The van der Waals surface area contributed by atoms with Gasteiger partial charge in [0.05, 0.1) is 11.1 Å². The third kappa shape index (κ3) is 8.45. The van der Waals surface area contributed by atoms with E-state index in [1.165, 1.54) is 70.3 Å². The molecule has 0 aliphatic carbocycles. The molecule has 28 heavy (non-hydrogen) atoms. The van der Waals surface area contributed by atoms with Crippen LogP contribution in [-0.4, -0.2) is 22.2 Å². The molecule has 0 aliphatic rings. The molecule has 0 saturated heterocycles. The molecule has 4 heteroatoms. The number of hydrogen-bond acceptors (Lipinski definition) is 2. The molecule has 0 saturated carbocycles. The number of carbonyl (C=O) groups is 2. The molecule has 0 unspecified atom stereocenters. The highest BCUT2D eigenvalue weighted by Gasteiger charge is 2.21. The normalized spacial score (nSPS) is 10.9. The Morgan fingerprint density at radius 2 is 1.21 bits per heavy atom. The van der Waals surface area contributed by atoms with E-state index in [2.05, 4.69) is 6.92 Å². The van der Waals surface area contributed by atoms with E-state index in [0.717, 1.165) is 24.8 Å². The molecule has 0 aliphatic heterocycles. The van der Waals surface area contributed by atoms with Gasteiger partial charge in [-0.25, -0.2) is 9.59 Å². The van der Waals surface area contributed by atoms with E-state index >= 15 is 0 Å². The van der Waals surface area contributed by atoms with Crippen LogP contribution in [0.1, 0.15) is 123 Å². The Morgan fingerprint density at radius 1 is 0.714 bits per heavy atom. The lowest BCUT2D eigenvalue weighted by atomic mass is 9.91. The van der Waals surface area contributed by atoms with Crippen molar-refractivity contribution in [1.29, 1.82) is 0 Å². The van der Waals surface area contributed by atoms with Crippen LogP contribution >= 0.6 is 0 Å². The molecular weight excluding hydrogens is 352 g/mol. The van der Waals surface area contributed by atoms with Crippen LogP contribution in [-0.2, 0) is 12.8 Å². The topological polar surface area (TPSA) is 74.6 Å². The SMILES string of the molecule is CCCCCCCCCCCCCCc1ccc(C(=O)O)c(C(=O)O)c1CC. The van der Waals surface area contributed by atoms with Crippen molar-refractivity contribution < 1.29 is 19.8 Å². The van der Waals surface area contributed by atoms with Crippen LogP contribution in [0.3, 0.4) is 0 Å². The molecule has 1 rings (SSSR count). The third-order valence-electron chi connectivity index (χ3n) is 5.51. The molecule has 0 amide bonds. The van der Waals surface area contributed by atoms with Crippen LogP contribution in [0, 0.1) is 0 Å². The summed E-state index contributed by atoms with van der Waals surface area (Å²) in [5.74, 6) is -2.32. The van der Waals surface area contributed by atoms with Crippen LogP contribution < -0.4 is 0 Å². The van der Waals surface area contributed by atoms with Crippen molar-refractivity contribution in [1.82, 2.24) is 0 Å². The predicted octanol–water partition coefficient (Wildman–Crippen LogP) is 6.89. The van der Waals surface area contributed by atoms with Gasteiger partial charge in [0.25, 0.3) is 0 Å². The van der Waals surface area contributed by atoms with Crippen LogP contribution in [0.25, 0.3) is 0 Å². The van der Waals surface area contributed by atoms with E-state index in [4.69, 9.17) is 0 Å². The van der Waals surface area contributed by atoms with Crippen molar-refractivity contribution in [2.45, 2.75) is 104 Å². The molecule has 4 nitrogen and oxygen atoms in total. The Kier molecular flexibility index (Phi) is 12.3. The molecule has 0 spiro atoms. The van der Waals surface area contributed by atoms with E-state index in [0.29, 0.717) is 12.0 Å². The highest BCUT2D eigenvalue weighted by Crippen LogP contribution is 2.23. The van der Waals surface area contributed by atoms with Gasteiger partial charge in [-0.2, -0.15) is 0 Å². The van der Waals surface area contributed by atoms with Crippen LogP contribution in [0.2, 0.25) is 0 Å². The van der Waals surface area contributed by atoms with Gasteiger partial charge in [-0.3, -0.25) is 0 Å². The van der Waals surface area contributed by atoms with Gasteiger partial charge in [0.1, 0.15) is 0 Å². The van der Waals surface area contributed by atoms with Crippen LogP contribution in [0.15, 0.2) is 12.1 Å². The van der Waals surface area contributed by atoms with Crippen molar-refractivity contribution in [2.24, 2.45) is 0 Å². The summed E-state index contributed by atoms with van der Waals surface area (Å²) < 4.78 is 0. The quantitative estimate of drug-likeness (QED) is 0.301. The Labute approximate surface area is 170 Å². The molecule has 1 aromatic carbocycles. The molecule has 0 fully saturated rings. The lowest BCUT2D eigenvalue weighted by molar-refractivity contribution is 0.0650. The van der Waals surface area contributed by atoms with Gasteiger partial charge in [-0.15, -0.1) is 0 Å². The first-order valence-corrected chi connectivity index (χ1v) is 11.1. The second-order valence-electron chi connectivity index (χ2n) is 7.73. The maximum atomic E-state index is 11.6. The highest BCUT2D eigenvalue weighted by atomic mass is 16.4. The number of hydrogen-bond donors (Lipinski definition) is 2. The summed E-state index contributed by atoms with van der Waals surface area (Å²) in [6, 6.07) is 3.24. The first-order chi connectivity index (χ1) is 13.5. The van der Waals surface area contributed by atoms with Crippen molar-refractivity contribution in [2.75, 3.05) is 0 Å². The number of rotatable bonds is 16. The molecule has 0 aromatic heterocycles. The molecule has 0 atom stereocenters. The number of aromatic carboxylic acids is 2. The van der Waals surface area contributed by atoms with Gasteiger partial charge >= 0.3 is 11.9 Å². The molecule has 158 valence electrons. The summed E-state index contributed by atoms with van der Waals surface area (Å²) in [5.41, 5.74) is 1.52. The zero-order valence-corrected chi connectivity index (χ0v) is 17.8. The Balaban J connectivity index is 2.33. The number of aryl methyl sites for hydroxylation is 1. The van der Waals surface area contributed by atoms with E-state index in [9.17, 15) is 19.8 Å². The maximum absolute atomic E-state index is 11.6. The zero-order valence-electron chi connectivity index (χ0n) is 17.8. The minimum Gasteiger partial charge on any atom is -0.478 e. The smallest absolute Gasteiger partial charge is 0.336 e. The van der Waals surface area contributed by atoms with E-state index in [1.54, 1.807) is 6.07 Å². The monoisotopic (exact) mass is 390 g/mol. The second kappa shape index (κ2) is 14.2. The van der Waals surface area contributed by atoms with Crippen LogP contribution in [0.4, 0.5) is 0 Å². The first-order valence-electron chi connectivity index (χ1n) is 11.1. The molecule has 2 N–H and O–H groups in total. The van der Waals surface area contributed by atoms with Gasteiger partial charge in [0.15, 0.2) is 0 Å². The first kappa shape index (κ1) is 24.2. The molecule has 0 bridgehead atoms. The summed E-state index contributed by atoms with van der Waals surface area (Å²) >= 11 is 0. The predicted molar refractivity (Wildman–Crippen MR) is 115 cm³/mol.